The van der Waals surface area contributed by atoms with E-state index >= 15 is 0 Å². The maximum Gasteiger partial charge on any atom is 0.300 e. The standard InChI is InChI=1S/C23H14Cl2F2N2O4/c1-33-22-14(24)8-12(9-15(22)25)20(30)18-19(11-4-6-28-7-5-11)29(23(32)21(18)31)13-2-3-16(26)17(27)10-13/h2-10,19,30H,1H3/b20-18+. The highest BCUT2D eigenvalue weighted by atomic mass is 35.5. The Kier molecular flexibility index (Phi) is 6.05. The highest BCUT2D eigenvalue weighted by molar-refractivity contribution is 6.51. The molecule has 1 aliphatic heterocycles. The number of nitrogens with zero attached hydrogens (tertiary/aromatic N) is 2. The Hall–Kier alpha value is -3.49. The maximum absolute atomic E-state index is 14.0. The van der Waals surface area contributed by atoms with Gasteiger partial charge in [-0.15, -0.1) is 0 Å². The third-order valence-corrected chi connectivity index (χ3v) is 5.68. The Morgan fingerprint density at radius 3 is 2.24 bits per heavy atom. The van der Waals surface area contributed by atoms with Crippen molar-refractivity contribution in [2.24, 2.45) is 0 Å². The summed E-state index contributed by atoms with van der Waals surface area (Å²) in [6.07, 6.45) is 2.86. The van der Waals surface area contributed by atoms with E-state index in [1.165, 1.54) is 49.8 Å². The number of rotatable bonds is 4. The van der Waals surface area contributed by atoms with Gasteiger partial charge in [0.05, 0.1) is 28.8 Å². The van der Waals surface area contributed by atoms with Crippen molar-refractivity contribution in [2.45, 2.75) is 6.04 Å². The number of ether oxygens (including phenoxy) is 1. The molecule has 0 spiro atoms. The number of benzene rings is 2. The predicted octanol–water partition coefficient (Wildman–Crippen LogP) is 5.30. The zero-order chi connectivity index (χ0) is 23.9. The number of carbonyl (C=O) groups excluding carboxylic acids is 2. The van der Waals surface area contributed by atoms with Gasteiger partial charge in [0.2, 0.25) is 0 Å². The van der Waals surface area contributed by atoms with Crippen LogP contribution in [-0.4, -0.2) is 28.9 Å². The van der Waals surface area contributed by atoms with Gasteiger partial charge in [0.25, 0.3) is 11.7 Å². The number of aliphatic hydroxyl groups excluding tert-OH is 1. The number of methoxy groups -OCH3 is 1. The lowest BCUT2D eigenvalue weighted by Gasteiger charge is -2.25. The minimum atomic E-state index is -1.20. The molecule has 0 bridgehead atoms. The second-order valence-electron chi connectivity index (χ2n) is 7.02. The molecule has 1 fully saturated rings. The number of halogens is 4. The van der Waals surface area contributed by atoms with Crippen LogP contribution in [0.2, 0.25) is 10.0 Å². The summed E-state index contributed by atoms with van der Waals surface area (Å²) in [6.45, 7) is 0. The van der Waals surface area contributed by atoms with Gasteiger partial charge in [-0.05, 0) is 42.0 Å². The number of amides is 1. The summed E-state index contributed by atoms with van der Waals surface area (Å²) in [5.41, 5.74) is 0.116. The topological polar surface area (TPSA) is 79.7 Å². The molecule has 33 heavy (non-hydrogen) atoms. The zero-order valence-electron chi connectivity index (χ0n) is 16.9. The fraction of sp³-hybridized carbons (Fsp3) is 0.0870. The van der Waals surface area contributed by atoms with Crippen molar-refractivity contribution in [3.63, 3.8) is 0 Å². The molecule has 1 aromatic heterocycles. The predicted molar refractivity (Wildman–Crippen MR) is 118 cm³/mol. The number of pyridine rings is 1. The Labute approximate surface area is 196 Å². The molecule has 168 valence electrons. The largest absolute Gasteiger partial charge is 0.507 e. The number of anilines is 1. The Bertz CT molecular complexity index is 1290. The van der Waals surface area contributed by atoms with E-state index in [1.54, 1.807) is 0 Å². The van der Waals surface area contributed by atoms with Crippen LogP contribution in [-0.2, 0) is 9.59 Å². The fourth-order valence-corrected chi connectivity index (χ4v) is 4.28. The van der Waals surface area contributed by atoms with Crippen LogP contribution in [0, 0.1) is 11.6 Å². The number of aromatic nitrogens is 1. The summed E-state index contributed by atoms with van der Waals surface area (Å²) >= 11 is 12.3. The first-order valence-corrected chi connectivity index (χ1v) is 10.2. The zero-order valence-corrected chi connectivity index (χ0v) is 18.4. The van der Waals surface area contributed by atoms with Crippen LogP contribution in [0.4, 0.5) is 14.5 Å². The van der Waals surface area contributed by atoms with Crippen molar-refractivity contribution in [3.05, 3.63) is 93.2 Å². The molecule has 10 heteroatoms. The van der Waals surface area contributed by atoms with Crippen molar-refractivity contribution < 1.29 is 28.2 Å². The second-order valence-corrected chi connectivity index (χ2v) is 7.84. The highest BCUT2D eigenvalue weighted by Gasteiger charge is 2.47. The molecule has 1 aliphatic rings. The molecule has 2 heterocycles. The first kappa shape index (κ1) is 22.7. The molecule has 3 aromatic rings. The summed E-state index contributed by atoms with van der Waals surface area (Å²) in [4.78, 5) is 31.0. The third-order valence-electron chi connectivity index (χ3n) is 5.12. The third kappa shape index (κ3) is 3.92. The van der Waals surface area contributed by atoms with E-state index < -0.39 is 35.1 Å². The number of hydrogen-bond acceptors (Lipinski definition) is 5. The molecule has 0 aliphatic carbocycles. The van der Waals surface area contributed by atoms with Gasteiger partial charge in [-0.1, -0.05) is 23.2 Å². The van der Waals surface area contributed by atoms with Crippen molar-refractivity contribution in [1.29, 1.82) is 0 Å². The quantitative estimate of drug-likeness (QED) is 0.305. The van der Waals surface area contributed by atoms with Gasteiger partial charge in [-0.3, -0.25) is 19.5 Å². The first-order valence-electron chi connectivity index (χ1n) is 9.44. The summed E-state index contributed by atoms with van der Waals surface area (Å²) in [7, 11) is 1.36. The number of carbonyl (C=O) groups is 2. The highest BCUT2D eigenvalue weighted by Crippen LogP contribution is 2.43. The molecule has 6 nitrogen and oxygen atoms in total. The lowest BCUT2D eigenvalue weighted by molar-refractivity contribution is -0.132. The van der Waals surface area contributed by atoms with Crippen molar-refractivity contribution in [2.75, 3.05) is 12.0 Å². The van der Waals surface area contributed by atoms with Gasteiger partial charge in [0, 0.05) is 29.7 Å². The molecule has 1 N–H and O–H groups in total. The molecular weight excluding hydrogens is 477 g/mol. The first-order chi connectivity index (χ1) is 15.7. The van der Waals surface area contributed by atoms with Gasteiger partial charge in [0.1, 0.15) is 5.76 Å². The van der Waals surface area contributed by atoms with Crippen LogP contribution in [0.15, 0.2) is 60.4 Å². The molecule has 0 radical (unpaired) electrons. The number of Topliss-reactive ketones (excluding diaryl/α,β-unsaturated/α-hetero) is 1. The van der Waals surface area contributed by atoms with E-state index in [0.29, 0.717) is 5.56 Å². The number of aliphatic hydroxyl groups is 1. The van der Waals surface area contributed by atoms with Gasteiger partial charge >= 0.3 is 0 Å². The monoisotopic (exact) mass is 490 g/mol. The van der Waals surface area contributed by atoms with Crippen molar-refractivity contribution >= 4 is 46.3 Å². The molecule has 1 amide bonds. The van der Waals surface area contributed by atoms with Gasteiger partial charge in [-0.25, -0.2) is 8.78 Å². The van der Waals surface area contributed by atoms with Crippen LogP contribution in [0.25, 0.3) is 5.76 Å². The van der Waals surface area contributed by atoms with E-state index in [0.717, 1.165) is 17.0 Å². The molecular formula is C23H14Cl2F2N2O4. The summed E-state index contributed by atoms with van der Waals surface area (Å²) in [6, 6.07) is 7.38. The molecule has 2 aromatic carbocycles. The Morgan fingerprint density at radius 2 is 1.67 bits per heavy atom. The van der Waals surface area contributed by atoms with E-state index in [9.17, 15) is 23.5 Å². The van der Waals surface area contributed by atoms with Crippen molar-refractivity contribution in [3.8, 4) is 5.75 Å². The number of hydrogen-bond donors (Lipinski definition) is 1. The van der Waals surface area contributed by atoms with Crippen molar-refractivity contribution in [1.82, 2.24) is 4.98 Å². The average Bonchev–Trinajstić information content (AvgIpc) is 3.06. The molecule has 1 unspecified atom stereocenters. The molecule has 0 saturated carbocycles. The minimum Gasteiger partial charge on any atom is -0.507 e. The molecule has 1 atom stereocenters. The Morgan fingerprint density at radius 1 is 1.03 bits per heavy atom. The van der Waals surface area contributed by atoms with Crippen LogP contribution in [0.5, 0.6) is 5.75 Å². The maximum atomic E-state index is 14.0. The summed E-state index contributed by atoms with van der Waals surface area (Å²) in [5.74, 6) is -4.75. The summed E-state index contributed by atoms with van der Waals surface area (Å²) < 4.78 is 32.6. The Balaban J connectivity index is 1.96. The van der Waals surface area contributed by atoms with Gasteiger partial charge < -0.3 is 9.84 Å². The van der Waals surface area contributed by atoms with E-state index in [-0.39, 0.29) is 32.6 Å². The molecule has 4 rings (SSSR count). The summed E-state index contributed by atoms with van der Waals surface area (Å²) in [5, 5.41) is 11.2. The van der Waals surface area contributed by atoms with E-state index in [1.807, 2.05) is 0 Å². The second kappa shape index (κ2) is 8.80. The normalized spacial score (nSPS) is 17.5. The lowest BCUT2D eigenvalue weighted by atomic mass is 9.95. The van der Waals surface area contributed by atoms with Crippen LogP contribution < -0.4 is 9.64 Å². The average molecular weight is 491 g/mol. The van der Waals surface area contributed by atoms with Gasteiger partial charge in [-0.2, -0.15) is 0 Å². The SMILES string of the molecule is COc1c(Cl)cc(/C(O)=C2\C(=O)C(=O)N(c3ccc(F)c(F)c3)C2c2ccncc2)cc1Cl. The smallest absolute Gasteiger partial charge is 0.300 e. The number of ketones is 1. The van der Waals surface area contributed by atoms with Crippen LogP contribution in [0.3, 0.4) is 0 Å². The fourth-order valence-electron chi connectivity index (χ4n) is 3.64. The van der Waals surface area contributed by atoms with Crippen LogP contribution >= 0.6 is 23.2 Å². The minimum absolute atomic E-state index is 0.0631. The lowest BCUT2D eigenvalue weighted by Crippen LogP contribution is -2.29. The van der Waals surface area contributed by atoms with E-state index in [2.05, 4.69) is 4.98 Å². The van der Waals surface area contributed by atoms with Crippen LogP contribution in [0.1, 0.15) is 17.2 Å². The van der Waals surface area contributed by atoms with E-state index in [4.69, 9.17) is 27.9 Å². The van der Waals surface area contributed by atoms with Gasteiger partial charge in [0.15, 0.2) is 17.4 Å². The molecule has 1 saturated heterocycles.